The van der Waals surface area contributed by atoms with Crippen molar-refractivity contribution in [3.63, 3.8) is 0 Å². The smallest absolute Gasteiger partial charge is 0.258 e. The van der Waals surface area contributed by atoms with E-state index in [4.69, 9.17) is 32.7 Å². The largest absolute Gasteiger partial charge is 0.482 e. The topological polar surface area (TPSA) is 50.8 Å². The number of nitrogens with zero attached hydrogens (tertiary/aromatic N) is 1. The van der Waals surface area contributed by atoms with Gasteiger partial charge in [-0.3, -0.25) is 9.69 Å². The summed E-state index contributed by atoms with van der Waals surface area (Å²) in [7, 11) is 0. The van der Waals surface area contributed by atoms with Gasteiger partial charge in [-0.15, -0.1) is 0 Å². The fourth-order valence-electron chi connectivity index (χ4n) is 3.03. The lowest BCUT2D eigenvalue weighted by atomic mass is 10.0. The normalized spacial score (nSPS) is 15.8. The molecule has 0 spiro atoms. The summed E-state index contributed by atoms with van der Waals surface area (Å²) in [6, 6.07) is 11.1. The SMILES string of the molecule is O=C(COc1ccc(Cl)cc1Cl)NCC(c1ccc(F)cc1)N1CCOCC1. The van der Waals surface area contributed by atoms with Gasteiger partial charge in [-0.05, 0) is 35.9 Å². The molecule has 2 aromatic carbocycles. The maximum absolute atomic E-state index is 13.3. The summed E-state index contributed by atoms with van der Waals surface area (Å²) < 4.78 is 24.2. The first-order chi connectivity index (χ1) is 13.5. The van der Waals surface area contributed by atoms with Crippen molar-refractivity contribution < 1.29 is 18.7 Å². The van der Waals surface area contributed by atoms with Gasteiger partial charge < -0.3 is 14.8 Å². The fraction of sp³-hybridized carbons (Fsp3) is 0.350. The molecule has 0 bridgehead atoms. The Hall–Kier alpha value is -1.86. The number of halogens is 3. The Kier molecular flexibility index (Phi) is 7.50. The van der Waals surface area contributed by atoms with Crippen molar-refractivity contribution >= 4 is 29.1 Å². The van der Waals surface area contributed by atoms with Gasteiger partial charge in [0.2, 0.25) is 0 Å². The van der Waals surface area contributed by atoms with Crippen LogP contribution in [0.15, 0.2) is 42.5 Å². The number of morpholine rings is 1. The monoisotopic (exact) mass is 426 g/mol. The Morgan fingerprint density at radius 3 is 2.57 bits per heavy atom. The quantitative estimate of drug-likeness (QED) is 0.732. The first kappa shape index (κ1) is 20.9. The van der Waals surface area contributed by atoms with E-state index in [1.54, 1.807) is 30.3 Å². The first-order valence-corrected chi connectivity index (χ1v) is 9.70. The second-order valence-corrected chi connectivity index (χ2v) is 7.23. The molecule has 150 valence electrons. The summed E-state index contributed by atoms with van der Waals surface area (Å²) in [6.45, 7) is 2.96. The van der Waals surface area contributed by atoms with Crippen molar-refractivity contribution in [2.75, 3.05) is 39.5 Å². The van der Waals surface area contributed by atoms with E-state index in [-0.39, 0.29) is 24.4 Å². The van der Waals surface area contributed by atoms with Gasteiger partial charge >= 0.3 is 0 Å². The molecule has 1 saturated heterocycles. The van der Waals surface area contributed by atoms with E-state index in [0.29, 0.717) is 35.6 Å². The molecule has 1 N–H and O–H groups in total. The minimum Gasteiger partial charge on any atom is -0.482 e. The second-order valence-electron chi connectivity index (χ2n) is 6.38. The van der Waals surface area contributed by atoms with E-state index in [9.17, 15) is 9.18 Å². The number of hydrogen-bond donors (Lipinski definition) is 1. The van der Waals surface area contributed by atoms with Crippen LogP contribution in [0, 0.1) is 5.82 Å². The Labute approximate surface area is 173 Å². The molecule has 0 aliphatic carbocycles. The fourth-order valence-corrected chi connectivity index (χ4v) is 3.49. The van der Waals surface area contributed by atoms with E-state index in [1.165, 1.54) is 12.1 Å². The molecule has 8 heteroatoms. The molecule has 0 aromatic heterocycles. The third-order valence-corrected chi connectivity index (χ3v) is 5.02. The van der Waals surface area contributed by atoms with Crippen LogP contribution in [0.3, 0.4) is 0 Å². The van der Waals surface area contributed by atoms with Crippen LogP contribution >= 0.6 is 23.2 Å². The summed E-state index contributed by atoms with van der Waals surface area (Å²) in [5.74, 6) is -0.169. The van der Waals surface area contributed by atoms with Gasteiger partial charge in [0.05, 0.1) is 24.3 Å². The van der Waals surface area contributed by atoms with Crippen LogP contribution in [-0.4, -0.2) is 50.3 Å². The van der Waals surface area contributed by atoms with E-state index < -0.39 is 0 Å². The summed E-state index contributed by atoms with van der Waals surface area (Å²) in [5, 5.41) is 3.72. The zero-order chi connectivity index (χ0) is 19.9. The first-order valence-electron chi connectivity index (χ1n) is 8.95. The third-order valence-electron chi connectivity index (χ3n) is 4.49. The molecular formula is C20H21Cl2FN2O3. The number of hydrogen-bond acceptors (Lipinski definition) is 4. The Morgan fingerprint density at radius 2 is 1.89 bits per heavy atom. The highest BCUT2D eigenvalue weighted by Crippen LogP contribution is 2.27. The van der Waals surface area contributed by atoms with Gasteiger partial charge in [-0.1, -0.05) is 35.3 Å². The molecule has 3 rings (SSSR count). The summed E-state index contributed by atoms with van der Waals surface area (Å²) in [6.07, 6.45) is 0. The van der Waals surface area contributed by atoms with Gasteiger partial charge in [0.1, 0.15) is 11.6 Å². The Morgan fingerprint density at radius 1 is 1.18 bits per heavy atom. The Balaban J connectivity index is 1.59. The minimum absolute atomic E-state index is 0.0763. The molecule has 2 aromatic rings. The molecule has 1 aliphatic heterocycles. The van der Waals surface area contributed by atoms with Crippen molar-refractivity contribution in [2.45, 2.75) is 6.04 Å². The van der Waals surface area contributed by atoms with Gasteiger partial charge in [0, 0.05) is 24.7 Å². The molecule has 1 heterocycles. The van der Waals surface area contributed by atoms with E-state index >= 15 is 0 Å². The zero-order valence-electron chi connectivity index (χ0n) is 15.2. The van der Waals surface area contributed by atoms with E-state index in [1.807, 2.05) is 0 Å². The van der Waals surface area contributed by atoms with Gasteiger partial charge in [-0.25, -0.2) is 4.39 Å². The molecule has 1 aliphatic rings. The highest BCUT2D eigenvalue weighted by atomic mass is 35.5. The molecule has 28 heavy (non-hydrogen) atoms. The third kappa shape index (κ3) is 5.82. The van der Waals surface area contributed by atoms with Crippen LogP contribution in [0.1, 0.15) is 11.6 Å². The number of amides is 1. The number of carbonyl (C=O) groups excluding carboxylic acids is 1. The van der Waals surface area contributed by atoms with Gasteiger partial charge in [0.15, 0.2) is 6.61 Å². The standard InChI is InChI=1S/C20H21Cl2FN2O3/c21-15-3-6-19(17(22)11-15)28-13-20(26)24-12-18(25-7-9-27-10-8-25)14-1-4-16(23)5-2-14/h1-6,11,18H,7-10,12-13H2,(H,24,26). The van der Waals surface area contributed by atoms with Gasteiger partial charge in [0.25, 0.3) is 5.91 Å². The predicted molar refractivity (Wildman–Crippen MR) is 106 cm³/mol. The summed E-state index contributed by atoms with van der Waals surface area (Å²) in [4.78, 5) is 14.5. The maximum atomic E-state index is 13.3. The minimum atomic E-state index is -0.290. The number of ether oxygens (including phenoxy) is 2. The molecule has 1 amide bonds. The molecule has 0 saturated carbocycles. The van der Waals surface area contributed by atoms with Crippen LogP contribution < -0.4 is 10.1 Å². The van der Waals surface area contributed by atoms with Crippen LogP contribution in [-0.2, 0) is 9.53 Å². The zero-order valence-corrected chi connectivity index (χ0v) is 16.7. The lowest BCUT2D eigenvalue weighted by Gasteiger charge is -2.35. The van der Waals surface area contributed by atoms with Crippen molar-refractivity contribution in [3.8, 4) is 5.75 Å². The van der Waals surface area contributed by atoms with E-state index in [2.05, 4.69) is 10.2 Å². The molecule has 1 atom stereocenters. The van der Waals surface area contributed by atoms with Crippen molar-refractivity contribution in [3.05, 3.63) is 63.9 Å². The molecular weight excluding hydrogens is 406 g/mol. The average molecular weight is 427 g/mol. The number of carbonyl (C=O) groups is 1. The van der Waals surface area contributed by atoms with Crippen LogP contribution in [0.25, 0.3) is 0 Å². The Bertz CT molecular complexity index is 799. The van der Waals surface area contributed by atoms with E-state index in [0.717, 1.165) is 18.7 Å². The van der Waals surface area contributed by atoms with Crippen LogP contribution in [0.5, 0.6) is 5.75 Å². The lowest BCUT2D eigenvalue weighted by Crippen LogP contribution is -2.44. The summed E-state index contributed by atoms with van der Waals surface area (Å²) in [5.41, 5.74) is 0.935. The average Bonchev–Trinajstić information content (AvgIpc) is 2.69. The highest BCUT2D eigenvalue weighted by Gasteiger charge is 2.23. The highest BCUT2D eigenvalue weighted by molar-refractivity contribution is 6.35. The number of rotatable bonds is 7. The van der Waals surface area contributed by atoms with Crippen LogP contribution in [0.4, 0.5) is 4.39 Å². The molecule has 1 fully saturated rings. The predicted octanol–water partition coefficient (Wildman–Crippen LogP) is 3.70. The molecule has 0 radical (unpaired) electrons. The maximum Gasteiger partial charge on any atom is 0.258 e. The number of benzene rings is 2. The molecule has 1 unspecified atom stereocenters. The van der Waals surface area contributed by atoms with Crippen molar-refractivity contribution in [1.82, 2.24) is 10.2 Å². The van der Waals surface area contributed by atoms with Crippen molar-refractivity contribution in [2.24, 2.45) is 0 Å². The van der Waals surface area contributed by atoms with Crippen LogP contribution in [0.2, 0.25) is 10.0 Å². The van der Waals surface area contributed by atoms with Crippen molar-refractivity contribution in [1.29, 1.82) is 0 Å². The second kappa shape index (κ2) is 10.1. The van der Waals surface area contributed by atoms with Gasteiger partial charge in [-0.2, -0.15) is 0 Å². The lowest BCUT2D eigenvalue weighted by molar-refractivity contribution is -0.123. The number of nitrogens with one attached hydrogen (secondary N) is 1. The summed E-state index contributed by atoms with van der Waals surface area (Å²) >= 11 is 11.9. The molecule has 5 nitrogen and oxygen atoms in total.